The van der Waals surface area contributed by atoms with Crippen LogP contribution in [0.5, 0.6) is 0 Å². The second kappa shape index (κ2) is 5.13. The van der Waals surface area contributed by atoms with E-state index in [2.05, 4.69) is 26.9 Å². The van der Waals surface area contributed by atoms with Crippen LogP contribution in [-0.4, -0.2) is 38.8 Å². The second-order valence-corrected chi connectivity index (χ2v) is 6.02. The molecule has 0 N–H and O–H groups in total. The Bertz CT molecular complexity index is 500. The molecule has 2 aliphatic rings. The number of amides is 1. The second-order valence-electron chi connectivity index (χ2n) is 5.10. The number of nitrogens with zero attached hydrogens (tertiary/aromatic N) is 2. The van der Waals surface area contributed by atoms with Crippen molar-refractivity contribution in [1.82, 2.24) is 0 Å². The van der Waals surface area contributed by atoms with Crippen LogP contribution < -0.4 is 9.80 Å². The minimum absolute atomic E-state index is 0.128. The summed E-state index contributed by atoms with van der Waals surface area (Å²) in [4.78, 5) is 15.9. The summed E-state index contributed by atoms with van der Waals surface area (Å²) in [6, 6.07) is 6.08. The molecule has 0 spiro atoms. The lowest BCUT2D eigenvalue weighted by Gasteiger charge is -2.36. The van der Waals surface area contributed by atoms with Gasteiger partial charge in [-0.1, -0.05) is 15.9 Å². The number of hydrogen-bond acceptors (Lipinski definition) is 3. The Hall–Kier alpha value is -1.07. The predicted molar refractivity (Wildman–Crippen MR) is 78.7 cm³/mol. The van der Waals surface area contributed by atoms with Gasteiger partial charge in [0.2, 0.25) is 5.91 Å². The van der Waals surface area contributed by atoms with E-state index in [1.54, 1.807) is 4.90 Å². The molecule has 1 fully saturated rings. The monoisotopic (exact) mass is 324 g/mol. The van der Waals surface area contributed by atoms with Crippen molar-refractivity contribution in [3.63, 3.8) is 0 Å². The van der Waals surface area contributed by atoms with Crippen LogP contribution in [0, 0.1) is 0 Å². The summed E-state index contributed by atoms with van der Waals surface area (Å²) in [6.07, 6.45) is 2.47. The lowest BCUT2D eigenvalue weighted by molar-refractivity contribution is -0.117. The molecule has 1 aromatic rings. The van der Waals surface area contributed by atoms with Crippen LogP contribution in [0.2, 0.25) is 0 Å². The average molecular weight is 325 g/mol. The molecule has 4 nitrogen and oxygen atoms in total. The molecule has 0 aliphatic carbocycles. The lowest BCUT2D eigenvalue weighted by Crippen LogP contribution is -2.46. The van der Waals surface area contributed by atoms with Crippen LogP contribution in [0.15, 0.2) is 22.7 Å². The van der Waals surface area contributed by atoms with Gasteiger partial charge >= 0.3 is 0 Å². The van der Waals surface area contributed by atoms with Crippen molar-refractivity contribution in [3.8, 4) is 0 Å². The number of likely N-dealkylation sites (N-methyl/N-ethyl adjacent to an activating group) is 1. The summed E-state index contributed by atoms with van der Waals surface area (Å²) in [7, 11) is 1.83. The number of carbonyl (C=O) groups is 1. The van der Waals surface area contributed by atoms with Gasteiger partial charge < -0.3 is 14.5 Å². The number of anilines is 2. The van der Waals surface area contributed by atoms with E-state index in [0.717, 1.165) is 41.8 Å². The SMILES string of the molecule is CN1C(=O)CN(CC2CCCO2)c2ccc(Br)cc21. The Kier molecular flexibility index (Phi) is 3.50. The number of rotatable bonds is 2. The third kappa shape index (κ3) is 2.49. The van der Waals surface area contributed by atoms with Crippen LogP contribution in [-0.2, 0) is 9.53 Å². The zero-order valence-electron chi connectivity index (χ0n) is 10.9. The number of halogens is 1. The van der Waals surface area contributed by atoms with Crippen LogP contribution >= 0.6 is 15.9 Å². The van der Waals surface area contributed by atoms with Crippen molar-refractivity contribution in [2.24, 2.45) is 0 Å². The first-order valence-electron chi connectivity index (χ1n) is 6.58. The molecule has 1 amide bonds. The Labute approximate surface area is 121 Å². The maximum absolute atomic E-state index is 12.1. The molecule has 0 aromatic heterocycles. The van der Waals surface area contributed by atoms with Gasteiger partial charge in [0.1, 0.15) is 0 Å². The quantitative estimate of drug-likeness (QED) is 0.837. The van der Waals surface area contributed by atoms with Crippen LogP contribution in [0.25, 0.3) is 0 Å². The molecule has 2 heterocycles. The lowest BCUT2D eigenvalue weighted by atomic mass is 10.1. The number of benzene rings is 1. The van der Waals surface area contributed by atoms with E-state index in [9.17, 15) is 4.79 Å². The summed E-state index contributed by atoms with van der Waals surface area (Å²) in [5.74, 6) is 0.128. The molecular weight excluding hydrogens is 308 g/mol. The fourth-order valence-electron chi connectivity index (χ4n) is 2.72. The highest BCUT2D eigenvalue weighted by atomic mass is 79.9. The third-order valence-electron chi connectivity index (χ3n) is 3.79. The van der Waals surface area contributed by atoms with Gasteiger partial charge in [0, 0.05) is 24.7 Å². The topological polar surface area (TPSA) is 32.8 Å². The van der Waals surface area contributed by atoms with E-state index in [1.165, 1.54) is 0 Å². The molecule has 102 valence electrons. The standard InChI is InChI=1S/C14H17BrN2O2/c1-16-13-7-10(15)4-5-12(13)17(9-14(16)18)8-11-3-2-6-19-11/h4-5,7,11H,2-3,6,8-9H2,1H3. The summed E-state index contributed by atoms with van der Waals surface area (Å²) in [5, 5.41) is 0. The molecule has 1 aromatic carbocycles. The fourth-order valence-corrected chi connectivity index (χ4v) is 3.07. The molecule has 1 atom stereocenters. The molecule has 19 heavy (non-hydrogen) atoms. The number of hydrogen-bond donors (Lipinski definition) is 0. The summed E-state index contributed by atoms with van der Waals surface area (Å²) >= 11 is 3.46. The average Bonchev–Trinajstić information content (AvgIpc) is 2.88. The molecule has 3 rings (SSSR count). The summed E-state index contributed by atoms with van der Waals surface area (Å²) < 4.78 is 6.67. The highest BCUT2D eigenvalue weighted by Gasteiger charge is 2.29. The minimum Gasteiger partial charge on any atom is -0.376 e. The normalized spacial score (nSPS) is 22.8. The first kappa shape index (κ1) is 12.9. The van der Waals surface area contributed by atoms with Gasteiger partial charge in [-0.3, -0.25) is 4.79 Å². The van der Waals surface area contributed by atoms with Crippen molar-refractivity contribution in [2.45, 2.75) is 18.9 Å². The molecule has 1 unspecified atom stereocenters. The van der Waals surface area contributed by atoms with Crippen molar-refractivity contribution in [1.29, 1.82) is 0 Å². The van der Waals surface area contributed by atoms with Gasteiger partial charge in [-0.05, 0) is 31.0 Å². The highest BCUT2D eigenvalue weighted by molar-refractivity contribution is 9.10. The van der Waals surface area contributed by atoms with E-state index < -0.39 is 0 Å². The summed E-state index contributed by atoms with van der Waals surface area (Å²) in [5.41, 5.74) is 2.07. The zero-order valence-corrected chi connectivity index (χ0v) is 12.5. The predicted octanol–water partition coefficient (Wildman–Crippen LogP) is 2.41. The largest absolute Gasteiger partial charge is 0.376 e. The maximum Gasteiger partial charge on any atom is 0.246 e. The third-order valence-corrected chi connectivity index (χ3v) is 4.28. The number of carbonyl (C=O) groups excluding carboxylic acids is 1. The smallest absolute Gasteiger partial charge is 0.246 e. The number of fused-ring (bicyclic) bond motifs is 1. The molecule has 1 saturated heterocycles. The maximum atomic E-state index is 12.1. The highest BCUT2D eigenvalue weighted by Crippen LogP contribution is 2.35. The van der Waals surface area contributed by atoms with Crippen molar-refractivity contribution >= 4 is 33.2 Å². The first-order valence-corrected chi connectivity index (χ1v) is 7.37. The van der Waals surface area contributed by atoms with E-state index in [4.69, 9.17) is 4.74 Å². The van der Waals surface area contributed by atoms with Crippen LogP contribution in [0.3, 0.4) is 0 Å². The van der Waals surface area contributed by atoms with Gasteiger partial charge in [-0.25, -0.2) is 0 Å². The Morgan fingerprint density at radius 3 is 3.00 bits per heavy atom. The summed E-state index contributed by atoms with van der Waals surface area (Å²) in [6.45, 7) is 2.08. The molecule has 2 aliphatic heterocycles. The van der Waals surface area contributed by atoms with E-state index in [0.29, 0.717) is 6.54 Å². The van der Waals surface area contributed by atoms with E-state index in [1.807, 2.05) is 19.2 Å². The molecule has 0 saturated carbocycles. The van der Waals surface area contributed by atoms with Crippen molar-refractivity contribution < 1.29 is 9.53 Å². The Morgan fingerprint density at radius 1 is 1.42 bits per heavy atom. The first-order chi connectivity index (χ1) is 9.15. The Morgan fingerprint density at radius 2 is 2.26 bits per heavy atom. The van der Waals surface area contributed by atoms with Crippen molar-refractivity contribution in [2.75, 3.05) is 36.5 Å². The Balaban J connectivity index is 1.89. The van der Waals surface area contributed by atoms with Gasteiger partial charge in [0.15, 0.2) is 0 Å². The van der Waals surface area contributed by atoms with E-state index in [-0.39, 0.29) is 12.0 Å². The fraction of sp³-hybridized carbons (Fsp3) is 0.500. The van der Waals surface area contributed by atoms with Gasteiger partial charge in [-0.2, -0.15) is 0 Å². The van der Waals surface area contributed by atoms with Crippen LogP contribution in [0.4, 0.5) is 11.4 Å². The molecule has 0 radical (unpaired) electrons. The molecule has 5 heteroatoms. The number of ether oxygens (including phenoxy) is 1. The van der Waals surface area contributed by atoms with Gasteiger partial charge in [0.25, 0.3) is 0 Å². The molecule has 0 bridgehead atoms. The van der Waals surface area contributed by atoms with E-state index >= 15 is 0 Å². The van der Waals surface area contributed by atoms with Gasteiger partial charge in [-0.15, -0.1) is 0 Å². The zero-order chi connectivity index (χ0) is 13.4. The van der Waals surface area contributed by atoms with Crippen LogP contribution in [0.1, 0.15) is 12.8 Å². The minimum atomic E-state index is 0.128. The van der Waals surface area contributed by atoms with Gasteiger partial charge in [0.05, 0.1) is 24.0 Å². The van der Waals surface area contributed by atoms with Crippen molar-refractivity contribution in [3.05, 3.63) is 22.7 Å². The molecular formula is C14H17BrN2O2.